The lowest BCUT2D eigenvalue weighted by Gasteiger charge is -2.30. The molecule has 0 radical (unpaired) electrons. The van der Waals surface area contributed by atoms with E-state index >= 15 is 0 Å². The second kappa shape index (κ2) is 4.64. The lowest BCUT2D eigenvalue weighted by atomic mass is 10.1. The van der Waals surface area contributed by atoms with Crippen LogP contribution in [0.25, 0.3) is 0 Å². The molecular weight excluding hydrogens is 283 g/mol. The number of alkyl halides is 3. The Bertz CT molecular complexity index is 677. The Kier molecular flexibility index (Phi) is 3.03. The molecule has 1 aromatic carbocycles. The molecule has 5 nitrogen and oxygen atoms in total. The molecule has 1 aliphatic heterocycles. The number of benzene rings is 1. The Morgan fingerprint density at radius 1 is 1.19 bits per heavy atom. The Morgan fingerprint density at radius 2 is 1.95 bits per heavy atom. The molecular formula is C13H14F3N5. The predicted octanol–water partition coefficient (Wildman–Crippen LogP) is 2.21. The van der Waals surface area contributed by atoms with Gasteiger partial charge in [0.1, 0.15) is 0 Å². The monoisotopic (exact) mass is 297 g/mol. The van der Waals surface area contributed by atoms with Gasteiger partial charge in [0.2, 0.25) is 5.82 Å². The number of hydrogen-bond acceptors (Lipinski definition) is 4. The summed E-state index contributed by atoms with van der Waals surface area (Å²) in [6.45, 7) is 2.87. The number of nitrogen functional groups attached to an aromatic ring is 1. The van der Waals surface area contributed by atoms with Crippen LogP contribution in [-0.4, -0.2) is 21.3 Å². The van der Waals surface area contributed by atoms with E-state index in [0.29, 0.717) is 24.6 Å². The smallest absolute Gasteiger partial charge is 0.399 e. The van der Waals surface area contributed by atoms with E-state index in [-0.39, 0.29) is 6.54 Å². The molecule has 0 bridgehead atoms. The van der Waals surface area contributed by atoms with Gasteiger partial charge in [-0.3, -0.25) is 0 Å². The van der Waals surface area contributed by atoms with Crippen molar-refractivity contribution in [3.05, 3.63) is 35.4 Å². The maximum Gasteiger partial charge on any atom is 0.451 e. The van der Waals surface area contributed by atoms with Crippen LogP contribution in [0.3, 0.4) is 0 Å². The number of aromatic nitrogens is 3. The average molecular weight is 297 g/mol. The van der Waals surface area contributed by atoms with Crippen LogP contribution in [-0.2, 0) is 19.3 Å². The second-order valence-electron chi connectivity index (χ2n) is 5.05. The van der Waals surface area contributed by atoms with Crippen LogP contribution in [0.4, 0.5) is 24.5 Å². The fourth-order valence-corrected chi connectivity index (χ4v) is 2.44. The highest BCUT2D eigenvalue weighted by Gasteiger charge is 2.39. The van der Waals surface area contributed by atoms with Crippen LogP contribution >= 0.6 is 0 Å². The highest BCUT2D eigenvalue weighted by atomic mass is 19.4. The normalized spacial score (nSPS) is 15.1. The molecule has 0 spiro atoms. The first-order valence-corrected chi connectivity index (χ1v) is 6.46. The average Bonchev–Trinajstić information content (AvgIpc) is 2.84. The SMILES string of the molecule is Cc1cc(N2CCn3c(nnc3C(F)(F)F)C2)ccc1N. The fourth-order valence-electron chi connectivity index (χ4n) is 2.44. The minimum absolute atomic E-state index is 0.209. The molecule has 8 heteroatoms. The summed E-state index contributed by atoms with van der Waals surface area (Å²) in [5.41, 5.74) is 8.33. The van der Waals surface area contributed by atoms with E-state index in [0.717, 1.165) is 15.8 Å². The van der Waals surface area contributed by atoms with Crippen LogP contribution < -0.4 is 10.6 Å². The molecule has 2 N–H and O–H groups in total. The van der Waals surface area contributed by atoms with Gasteiger partial charge < -0.3 is 15.2 Å². The summed E-state index contributed by atoms with van der Waals surface area (Å²) >= 11 is 0. The summed E-state index contributed by atoms with van der Waals surface area (Å²) < 4.78 is 39.5. The summed E-state index contributed by atoms with van der Waals surface area (Å²) in [5, 5.41) is 6.94. The third-order valence-corrected chi connectivity index (χ3v) is 3.63. The molecule has 1 aromatic heterocycles. The zero-order valence-corrected chi connectivity index (χ0v) is 11.4. The molecule has 2 heterocycles. The standard InChI is InChI=1S/C13H14F3N5/c1-8-6-9(2-3-10(8)17)20-4-5-21-11(7-20)18-19-12(21)13(14,15)16/h2-3,6H,4-5,7,17H2,1H3. The van der Waals surface area contributed by atoms with Crippen LogP contribution in [0.15, 0.2) is 18.2 Å². The molecule has 2 aromatic rings. The predicted molar refractivity (Wildman–Crippen MR) is 71.7 cm³/mol. The molecule has 0 aliphatic carbocycles. The quantitative estimate of drug-likeness (QED) is 0.820. The number of halogens is 3. The largest absolute Gasteiger partial charge is 0.451 e. The maximum absolute atomic E-state index is 12.8. The van der Waals surface area contributed by atoms with Gasteiger partial charge in [-0.15, -0.1) is 10.2 Å². The van der Waals surface area contributed by atoms with Crippen molar-refractivity contribution in [1.82, 2.24) is 14.8 Å². The number of hydrogen-bond donors (Lipinski definition) is 1. The van der Waals surface area contributed by atoms with Crippen molar-refractivity contribution in [2.75, 3.05) is 17.2 Å². The van der Waals surface area contributed by atoms with Crippen LogP contribution in [0.5, 0.6) is 0 Å². The van der Waals surface area contributed by atoms with Crippen molar-refractivity contribution in [3.63, 3.8) is 0 Å². The summed E-state index contributed by atoms with van der Waals surface area (Å²) in [6.07, 6.45) is -4.47. The molecule has 0 fully saturated rings. The van der Waals surface area contributed by atoms with E-state index in [2.05, 4.69) is 10.2 Å². The second-order valence-corrected chi connectivity index (χ2v) is 5.05. The first kappa shape index (κ1) is 13.7. The minimum Gasteiger partial charge on any atom is -0.399 e. The van der Waals surface area contributed by atoms with Crippen molar-refractivity contribution in [1.29, 1.82) is 0 Å². The number of fused-ring (bicyclic) bond motifs is 1. The summed E-state index contributed by atoms with van der Waals surface area (Å²) in [5.74, 6) is -0.603. The lowest BCUT2D eigenvalue weighted by molar-refractivity contribution is -0.147. The zero-order chi connectivity index (χ0) is 15.2. The molecule has 0 unspecified atom stereocenters. The third-order valence-electron chi connectivity index (χ3n) is 3.63. The lowest BCUT2D eigenvalue weighted by Crippen LogP contribution is -2.35. The fraction of sp³-hybridized carbons (Fsp3) is 0.385. The van der Waals surface area contributed by atoms with E-state index in [1.54, 1.807) is 6.07 Å². The van der Waals surface area contributed by atoms with Crippen molar-refractivity contribution >= 4 is 11.4 Å². The molecule has 0 saturated carbocycles. The topological polar surface area (TPSA) is 60.0 Å². The van der Waals surface area contributed by atoms with Crippen molar-refractivity contribution in [2.24, 2.45) is 0 Å². The first-order chi connectivity index (χ1) is 9.86. The number of rotatable bonds is 1. The van der Waals surface area contributed by atoms with E-state index in [4.69, 9.17) is 5.73 Å². The van der Waals surface area contributed by atoms with E-state index < -0.39 is 12.0 Å². The molecule has 3 rings (SSSR count). The third kappa shape index (κ3) is 2.41. The van der Waals surface area contributed by atoms with Crippen LogP contribution in [0.1, 0.15) is 17.2 Å². The van der Waals surface area contributed by atoms with Gasteiger partial charge in [0.05, 0.1) is 6.54 Å². The van der Waals surface area contributed by atoms with Crippen molar-refractivity contribution in [3.8, 4) is 0 Å². The Hall–Kier alpha value is -2.25. The van der Waals surface area contributed by atoms with Gasteiger partial charge in [-0.05, 0) is 30.7 Å². The van der Waals surface area contributed by atoms with Gasteiger partial charge in [-0.2, -0.15) is 13.2 Å². The Labute approximate surface area is 119 Å². The molecule has 0 amide bonds. The zero-order valence-electron chi connectivity index (χ0n) is 11.4. The molecule has 112 valence electrons. The number of anilines is 2. The number of nitrogens with two attached hydrogens (primary N) is 1. The summed E-state index contributed by atoms with van der Waals surface area (Å²) in [6, 6.07) is 5.58. The van der Waals surface area contributed by atoms with Gasteiger partial charge in [0.25, 0.3) is 0 Å². The van der Waals surface area contributed by atoms with E-state index in [1.807, 2.05) is 24.0 Å². The van der Waals surface area contributed by atoms with Crippen molar-refractivity contribution < 1.29 is 13.2 Å². The molecule has 0 saturated heterocycles. The van der Waals surface area contributed by atoms with Gasteiger partial charge in [0, 0.05) is 24.5 Å². The number of aryl methyl sites for hydroxylation is 1. The van der Waals surface area contributed by atoms with E-state index in [9.17, 15) is 13.2 Å². The van der Waals surface area contributed by atoms with Gasteiger partial charge in [-0.25, -0.2) is 0 Å². The summed E-state index contributed by atoms with van der Waals surface area (Å²) in [7, 11) is 0. The van der Waals surface area contributed by atoms with Crippen LogP contribution in [0.2, 0.25) is 0 Å². The summed E-state index contributed by atoms with van der Waals surface area (Å²) in [4.78, 5) is 1.97. The van der Waals surface area contributed by atoms with Gasteiger partial charge in [-0.1, -0.05) is 0 Å². The molecule has 1 aliphatic rings. The highest BCUT2D eigenvalue weighted by molar-refractivity contribution is 5.58. The minimum atomic E-state index is -4.47. The van der Waals surface area contributed by atoms with E-state index in [1.165, 1.54) is 0 Å². The van der Waals surface area contributed by atoms with Crippen molar-refractivity contribution in [2.45, 2.75) is 26.2 Å². The molecule has 21 heavy (non-hydrogen) atoms. The maximum atomic E-state index is 12.8. The first-order valence-electron chi connectivity index (χ1n) is 6.46. The highest BCUT2D eigenvalue weighted by Crippen LogP contribution is 2.30. The number of nitrogens with zero attached hydrogens (tertiary/aromatic N) is 4. The molecule has 0 atom stereocenters. The Balaban J connectivity index is 1.88. The Morgan fingerprint density at radius 3 is 2.62 bits per heavy atom. The van der Waals surface area contributed by atoms with Gasteiger partial charge >= 0.3 is 6.18 Å². The van der Waals surface area contributed by atoms with Crippen LogP contribution in [0, 0.1) is 6.92 Å². The van der Waals surface area contributed by atoms with Gasteiger partial charge in [0.15, 0.2) is 5.82 Å².